The van der Waals surface area contributed by atoms with Crippen molar-refractivity contribution in [2.75, 3.05) is 31.6 Å². The number of rotatable bonds is 3. The number of carbonyl (C=O) groups excluding carboxylic acids is 1. The van der Waals surface area contributed by atoms with E-state index in [2.05, 4.69) is 9.97 Å². The lowest BCUT2D eigenvalue weighted by molar-refractivity contribution is -0.141. The molecule has 1 aliphatic heterocycles. The highest BCUT2D eigenvalue weighted by Crippen LogP contribution is 2.31. The van der Waals surface area contributed by atoms with Crippen LogP contribution in [0.4, 0.5) is 23.9 Å². The molecular weight excluding hydrogens is 391 g/mol. The molecule has 0 aliphatic carbocycles. The van der Waals surface area contributed by atoms with Crippen molar-refractivity contribution in [2.45, 2.75) is 32.4 Å². The number of morpholine rings is 1. The normalized spacial score (nSPS) is 16.8. The molecule has 0 radical (unpaired) electrons. The van der Waals surface area contributed by atoms with E-state index < -0.39 is 39.5 Å². The van der Waals surface area contributed by atoms with Gasteiger partial charge < -0.3 is 4.74 Å². The van der Waals surface area contributed by atoms with Crippen LogP contribution in [0.5, 0.6) is 0 Å². The average Bonchev–Trinajstić information content (AvgIpc) is 2.53. The van der Waals surface area contributed by atoms with Gasteiger partial charge in [-0.15, -0.1) is 0 Å². The Morgan fingerprint density at radius 2 is 1.70 bits per heavy atom. The van der Waals surface area contributed by atoms with Gasteiger partial charge in [0.05, 0.1) is 18.9 Å². The van der Waals surface area contributed by atoms with Gasteiger partial charge in [-0.25, -0.2) is 19.5 Å². The Bertz CT molecular complexity index is 770. The van der Waals surface area contributed by atoms with E-state index in [4.69, 9.17) is 4.74 Å². The van der Waals surface area contributed by atoms with Gasteiger partial charge >= 0.3 is 22.4 Å². The van der Waals surface area contributed by atoms with Crippen LogP contribution in [0.2, 0.25) is 0 Å². The molecule has 2 amide bonds. The van der Waals surface area contributed by atoms with Gasteiger partial charge in [-0.2, -0.15) is 25.9 Å². The molecular formula is C14H20F3N5O4S. The van der Waals surface area contributed by atoms with Crippen molar-refractivity contribution in [2.24, 2.45) is 0 Å². The Morgan fingerprint density at radius 3 is 2.22 bits per heavy atom. The fourth-order valence-electron chi connectivity index (χ4n) is 2.13. The van der Waals surface area contributed by atoms with E-state index in [1.165, 1.54) is 0 Å². The number of alkyl halides is 3. The highest BCUT2D eigenvalue weighted by Gasteiger charge is 2.35. The first-order chi connectivity index (χ1) is 12.3. The molecule has 2 rings (SSSR count). The van der Waals surface area contributed by atoms with Gasteiger partial charge in [0.2, 0.25) is 5.95 Å². The van der Waals surface area contributed by atoms with Gasteiger partial charge in [0.15, 0.2) is 0 Å². The summed E-state index contributed by atoms with van der Waals surface area (Å²) >= 11 is 0. The van der Waals surface area contributed by atoms with Crippen molar-refractivity contribution in [3.63, 3.8) is 0 Å². The van der Waals surface area contributed by atoms with Crippen LogP contribution in [0.25, 0.3) is 0 Å². The fourth-order valence-corrected chi connectivity index (χ4v) is 3.17. The lowest BCUT2D eigenvalue weighted by Crippen LogP contribution is -2.49. The Morgan fingerprint density at radius 1 is 1.15 bits per heavy atom. The molecule has 1 aliphatic rings. The molecule has 0 atom stereocenters. The average molecular weight is 411 g/mol. The number of hydrogen-bond donors (Lipinski definition) is 2. The second-order valence-electron chi connectivity index (χ2n) is 6.78. The zero-order chi connectivity index (χ0) is 20.5. The van der Waals surface area contributed by atoms with Crippen LogP contribution in [0, 0.1) is 0 Å². The topological polar surface area (TPSA) is 114 Å². The van der Waals surface area contributed by atoms with Gasteiger partial charge in [0.1, 0.15) is 5.69 Å². The number of nitrogens with zero attached hydrogens (tertiary/aromatic N) is 3. The molecule has 1 fully saturated rings. The van der Waals surface area contributed by atoms with E-state index >= 15 is 0 Å². The third-order valence-electron chi connectivity index (χ3n) is 3.54. The van der Waals surface area contributed by atoms with Crippen LogP contribution in [0.1, 0.15) is 32.2 Å². The summed E-state index contributed by atoms with van der Waals surface area (Å²) in [5.41, 5.74) is -1.96. The number of urea groups is 1. The smallest absolute Gasteiger partial charge is 0.379 e. The molecule has 1 saturated heterocycles. The number of halogens is 3. The van der Waals surface area contributed by atoms with E-state index in [0.717, 1.165) is 10.4 Å². The summed E-state index contributed by atoms with van der Waals surface area (Å²) in [6.45, 7) is 5.38. The van der Waals surface area contributed by atoms with Crippen molar-refractivity contribution in [1.82, 2.24) is 19.0 Å². The van der Waals surface area contributed by atoms with Crippen LogP contribution in [0.3, 0.4) is 0 Å². The molecule has 0 spiro atoms. The highest BCUT2D eigenvalue weighted by atomic mass is 32.2. The number of amides is 2. The predicted octanol–water partition coefficient (Wildman–Crippen LogP) is 1.49. The van der Waals surface area contributed by atoms with E-state index in [1.807, 2.05) is 5.32 Å². The Hall–Kier alpha value is -1.99. The third kappa shape index (κ3) is 5.74. The van der Waals surface area contributed by atoms with Crippen molar-refractivity contribution >= 4 is 22.2 Å². The summed E-state index contributed by atoms with van der Waals surface area (Å²) in [5.74, 6) is -0.649. The molecule has 0 aromatic carbocycles. The van der Waals surface area contributed by atoms with Crippen molar-refractivity contribution < 1.29 is 31.1 Å². The minimum atomic E-state index is -4.75. The molecule has 152 valence electrons. The number of nitrogens with one attached hydrogen (secondary N) is 2. The molecule has 0 bridgehead atoms. The summed E-state index contributed by atoms with van der Waals surface area (Å²) in [6, 6.07) is -0.478. The van der Waals surface area contributed by atoms with E-state index in [0.29, 0.717) is 0 Å². The summed E-state index contributed by atoms with van der Waals surface area (Å²) in [4.78, 5) is 19.1. The summed E-state index contributed by atoms with van der Waals surface area (Å²) < 4.78 is 71.1. The minimum absolute atomic E-state index is 0.0381. The predicted molar refractivity (Wildman–Crippen MR) is 89.2 cm³/mol. The first kappa shape index (κ1) is 21.3. The van der Waals surface area contributed by atoms with Gasteiger partial charge in [-0.3, -0.25) is 5.32 Å². The molecule has 0 saturated carbocycles. The van der Waals surface area contributed by atoms with Gasteiger partial charge in [0.25, 0.3) is 0 Å². The maximum atomic E-state index is 13.1. The largest absolute Gasteiger partial charge is 0.433 e. The Kier molecular flexibility index (Phi) is 5.97. The van der Waals surface area contributed by atoms with E-state index in [9.17, 15) is 26.4 Å². The number of aromatic nitrogens is 2. The second-order valence-corrected chi connectivity index (χ2v) is 8.45. The summed E-state index contributed by atoms with van der Waals surface area (Å²) in [5, 5.41) is 1.95. The second kappa shape index (κ2) is 7.56. The Labute approximate surface area is 154 Å². The number of ether oxygens (including phenoxy) is 1. The van der Waals surface area contributed by atoms with Gasteiger partial charge in [0, 0.05) is 18.5 Å². The lowest BCUT2D eigenvalue weighted by Gasteiger charge is -2.25. The molecule has 13 heteroatoms. The number of carbonyl (C=O) groups is 1. The van der Waals surface area contributed by atoms with Crippen molar-refractivity contribution in [3.05, 3.63) is 17.5 Å². The van der Waals surface area contributed by atoms with Gasteiger partial charge in [-0.1, -0.05) is 20.8 Å². The van der Waals surface area contributed by atoms with Crippen molar-refractivity contribution in [3.8, 4) is 0 Å². The lowest BCUT2D eigenvalue weighted by atomic mass is 9.91. The van der Waals surface area contributed by atoms with E-state index in [1.54, 1.807) is 25.5 Å². The van der Waals surface area contributed by atoms with E-state index in [-0.39, 0.29) is 32.0 Å². The Balaban J connectivity index is 2.21. The van der Waals surface area contributed by atoms with Crippen molar-refractivity contribution in [1.29, 1.82) is 0 Å². The fraction of sp³-hybridized carbons (Fsp3) is 0.643. The maximum absolute atomic E-state index is 13.1. The zero-order valence-corrected chi connectivity index (χ0v) is 15.7. The molecule has 1 aromatic rings. The number of hydrogen-bond acceptors (Lipinski definition) is 6. The maximum Gasteiger partial charge on any atom is 0.433 e. The number of anilines is 1. The zero-order valence-electron chi connectivity index (χ0n) is 14.9. The molecule has 1 aromatic heterocycles. The SMILES string of the molecule is CC(C)(C)c1cc(C(F)(F)F)nc(NC(=O)NS(=O)(=O)N2CCOCC2)n1. The highest BCUT2D eigenvalue weighted by molar-refractivity contribution is 7.87. The van der Waals surface area contributed by atoms with Crippen LogP contribution in [-0.2, 0) is 26.5 Å². The van der Waals surface area contributed by atoms with Crippen LogP contribution in [-0.4, -0.2) is 55.0 Å². The van der Waals surface area contributed by atoms with Crippen LogP contribution >= 0.6 is 0 Å². The summed E-state index contributed by atoms with van der Waals surface area (Å²) in [7, 11) is -4.17. The molecule has 2 heterocycles. The first-order valence-corrected chi connectivity index (χ1v) is 9.36. The summed E-state index contributed by atoms with van der Waals surface area (Å²) in [6.07, 6.45) is -4.75. The third-order valence-corrected chi connectivity index (χ3v) is 5.03. The standard InChI is InChI=1S/C14H20F3N5O4S/c1-13(2,3)9-8-10(14(15,16)17)19-11(18-9)20-12(23)21-27(24,25)22-4-6-26-7-5-22/h8H,4-7H2,1-3H3,(H2,18,19,20,21,23). The van der Waals surface area contributed by atoms with Gasteiger partial charge in [-0.05, 0) is 6.07 Å². The quantitative estimate of drug-likeness (QED) is 0.779. The van der Waals surface area contributed by atoms with Crippen LogP contribution < -0.4 is 10.0 Å². The molecule has 27 heavy (non-hydrogen) atoms. The minimum Gasteiger partial charge on any atom is -0.379 e. The van der Waals surface area contributed by atoms with Crippen LogP contribution in [0.15, 0.2) is 6.07 Å². The molecule has 2 N–H and O–H groups in total. The molecule has 0 unspecified atom stereocenters. The first-order valence-electron chi connectivity index (χ1n) is 7.92. The molecule has 9 nitrogen and oxygen atoms in total. The monoisotopic (exact) mass is 411 g/mol.